The molecular weight excluding hydrogens is 323 g/mol. The van der Waals surface area contributed by atoms with Crippen molar-refractivity contribution in [2.24, 2.45) is 0 Å². The first-order valence-corrected chi connectivity index (χ1v) is 7.26. The molecule has 0 radical (unpaired) electrons. The van der Waals surface area contributed by atoms with E-state index in [2.05, 4.69) is 33.2 Å². The molecule has 0 saturated heterocycles. The number of rotatable bonds is 6. The predicted molar refractivity (Wildman–Crippen MR) is 80.4 cm³/mol. The molecule has 2 rings (SSSR count). The van der Waals surface area contributed by atoms with Crippen LogP contribution in [0.15, 0.2) is 41.1 Å². The summed E-state index contributed by atoms with van der Waals surface area (Å²) in [6, 6.07) is 6.24. The van der Waals surface area contributed by atoms with Crippen LogP contribution < -0.4 is 10.1 Å². The molecule has 0 amide bonds. The monoisotopic (exact) mass is 338 g/mol. The second kappa shape index (κ2) is 7.36. The van der Waals surface area contributed by atoms with Crippen LogP contribution in [0.2, 0.25) is 0 Å². The molecule has 0 saturated carbocycles. The molecule has 0 aliphatic carbocycles. The fraction of sp³-hybridized carbons (Fsp3) is 0.267. The molecule has 106 valence electrons. The van der Waals surface area contributed by atoms with Gasteiger partial charge in [-0.1, -0.05) is 6.92 Å². The van der Waals surface area contributed by atoms with Gasteiger partial charge in [-0.25, -0.2) is 4.39 Å². The number of halogens is 2. The summed E-state index contributed by atoms with van der Waals surface area (Å²) in [5, 5.41) is 3.31. The summed E-state index contributed by atoms with van der Waals surface area (Å²) in [6.45, 7) is 3.84. The van der Waals surface area contributed by atoms with Gasteiger partial charge < -0.3 is 10.1 Å². The Hall–Kier alpha value is -1.46. The lowest BCUT2D eigenvalue weighted by Gasteiger charge is -2.09. The van der Waals surface area contributed by atoms with Crippen molar-refractivity contribution >= 4 is 15.9 Å². The first kappa shape index (κ1) is 14.9. The summed E-state index contributed by atoms with van der Waals surface area (Å²) < 4.78 is 19.3. The highest BCUT2D eigenvalue weighted by Gasteiger charge is 2.05. The lowest BCUT2D eigenvalue weighted by atomic mass is 10.2. The zero-order chi connectivity index (χ0) is 14.4. The number of ether oxygens (including phenoxy) is 1. The van der Waals surface area contributed by atoms with Crippen molar-refractivity contribution in [3.05, 3.63) is 52.5 Å². The molecule has 3 nitrogen and oxygen atoms in total. The van der Waals surface area contributed by atoms with E-state index in [9.17, 15) is 4.39 Å². The van der Waals surface area contributed by atoms with Gasteiger partial charge in [0, 0.05) is 12.7 Å². The SMILES string of the molecule is CCCNCc1cncc(Oc2ccc(F)cc2Br)c1. The van der Waals surface area contributed by atoms with E-state index >= 15 is 0 Å². The number of aromatic nitrogens is 1. The average molecular weight is 339 g/mol. The molecule has 2 aromatic rings. The van der Waals surface area contributed by atoms with E-state index in [4.69, 9.17) is 4.74 Å². The van der Waals surface area contributed by atoms with Crippen LogP contribution in [-0.2, 0) is 6.54 Å². The normalized spacial score (nSPS) is 10.6. The summed E-state index contributed by atoms with van der Waals surface area (Å²) >= 11 is 3.28. The van der Waals surface area contributed by atoms with Gasteiger partial charge in [0.2, 0.25) is 0 Å². The zero-order valence-corrected chi connectivity index (χ0v) is 12.8. The number of pyridine rings is 1. The highest BCUT2D eigenvalue weighted by atomic mass is 79.9. The van der Waals surface area contributed by atoms with E-state index in [1.165, 1.54) is 12.1 Å². The number of benzene rings is 1. The van der Waals surface area contributed by atoms with E-state index in [0.717, 1.165) is 25.1 Å². The van der Waals surface area contributed by atoms with Crippen LogP contribution in [0.1, 0.15) is 18.9 Å². The molecule has 1 aromatic heterocycles. The maximum absolute atomic E-state index is 13.0. The third kappa shape index (κ3) is 4.28. The maximum Gasteiger partial charge on any atom is 0.146 e. The topological polar surface area (TPSA) is 34.2 Å². The fourth-order valence-corrected chi connectivity index (χ4v) is 2.14. The molecule has 20 heavy (non-hydrogen) atoms. The average Bonchev–Trinajstić information content (AvgIpc) is 2.43. The number of nitrogens with one attached hydrogen (secondary N) is 1. The Morgan fingerprint density at radius 2 is 2.15 bits per heavy atom. The molecule has 5 heteroatoms. The lowest BCUT2D eigenvalue weighted by molar-refractivity contribution is 0.473. The molecule has 1 aromatic carbocycles. The third-order valence-corrected chi connectivity index (χ3v) is 3.27. The minimum atomic E-state index is -0.306. The number of nitrogens with zero attached hydrogens (tertiary/aromatic N) is 1. The zero-order valence-electron chi connectivity index (χ0n) is 11.2. The van der Waals surface area contributed by atoms with Crippen molar-refractivity contribution in [1.82, 2.24) is 10.3 Å². The summed E-state index contributed by atoms with van der Waals surface area (Å²) in [5.74, 6) is 0.889. The first-order chi connectivity index (χ1) is 9.69. The van der Waals surface area contributed by atoms with Crippen molar-refractivity contribution in [3.63, 3.8) is 0 Å². The van der Waals surface area contributed by atoms with Gasteiger partial charge >= 0.3 is 0 Å². The van der Waals surface area contributed by atoms with Crippen LogP contribution in [0.4, 0.5) is 4.39 Å². The largest absolute Gasteiger partial charge is 0.455 e. The van der Waals surface area contributed by atoms with Crippen molar-refractivity contribution in [3.8, 4) is 11.5 Å². The summed E-state index contributed by atoms with van der Waals surface area (Å²) in [7, 11) is 0. The Kier molecular flexibility index (Phi) is 5.49. The van der Waals surface area contributed by atoms with Gasteiger partial charge in [0.15, 0.2) is 0 Å². The van der Waals surface area contributed by atoms with Gasteiger partial charge in [-0.15, -0.1) is 0 Å². The van der Waals surface area contributed by atoms with E-state index in [1.807, 2.05) is 6.07 Å². The van der Waals surface area contributed by atoms with Crippen LogP contribution in [0, 0.1) is 5.82 Å². The van der Waals surface area contributed by atoms with E-state index in [-0.39, 0.29) is 5.82 Å². The number of hydrogen-bond donors (Lipinski definition) is 1. The van der Waals surface area contributed by atoms with Gasteiger partial charge in [0.25, 0.3) is 0 Å². The molecule has 0 atom stereocenters. The molecule has 0 aliphatic rings. The number of hydrogen-bond acceptors (Lipinski definition) is 3. The van der Waals surface area contributed by atoms with Crippen LogP contribution in [-0.4, -0.2) is 11.5 Å². The van der Waals surface area contributed by atoms with Gasteiger partial charge in [0.05, 0.1) is 10.7 Å². The van der Waals surface area contributed by atoms with Gasteiger partial charge in [0.1, 0.15) is 17.3 Å². The second-order valence-electron chi connectivity index (χ2n) is 4.38. The maximum atomic E-state index is 13.0. The lowest BCUT2D eigenvalue weighted by Crippen LogP contribution is -2.13. The first-order valence-electron chi connectivity index (χ1n) is 6.46. The molecule has 1 N–H and O–H groups in total. The predicted octanol–water partition coefficient (Wildman–Crippen LogP) is 4.28. The third-order valence-electron chi connectivity index (χ3n) is 2.65. The highest BCUT2D eigenvalue weighted by molar-refractivity contribution is 9.10. The van der Waals surface area contributed by atoms with Crippen LogP contribution in [0.3, 0.4) is 0 Å². The van der Waals surface area contributed by atoms with Gasteiger partial charge in [-0.2, -0.15) is 0 Å². The van der Waals surface area contributed by atoms with Crippen LogP contribution in [0.25, 0.3) is 0 Å². The van der Waals surface area contributed by atoms with Crippen LogP contribution in [0.5, 0.6) is 11.5 Å². The molecule has 0 unspecified atom stereocenters. The minimum Gasteiger partial charge on any atom is -0.455 e. The van der Waals surface area contributed by atoms with E-state index < -0.39 is 0 Å². The van der Waals surface area contributed by atoms with Crippen LogP contribution >= 0.6 is 15.9 Å². The Labute approximate surface area is 126 Å². The molecule has 1 heterocycles. The molecule has 0 fully saturated rings. The summed E-state index contributed by atoms with van der Waals surface area (Å²) in [4.78, 5) is 4.15. The van der Waals surface area contributed by atoms with Crippen molar-refractivity contribution in [2.45, 2.75) is 19.9 Å². The molecule has 0 aliphatic heterocycles. The summed E-state index contributed by atoms with van der Waals surface area (Å²) in [5.41, 5.74) is 1.05. The smallest absolute Gasteiger partial charge is 0.146 e. The quantitative estimate of drug-likeness (QED) is 0.798. The molecule has 0 spiro atoms. The standard InChI is InChI=1S/C15H16BrFN2O/c1-2-5-18-8-11-6-13(10-19-9-11)20-15-4-3-12(17)7-14(15)16/h3-4,6-7,9-10,18H,2,5,8H2,1H3. The van der Waals surface area contributed by atoms with Gasteiger partial charge in [-0.3, -0.25) is 4.98 Å². The van der Waals surface area contributed by atoms with Crippen molar-refractivity contribution in [1.29, 1.82) is 0 Å². The Morgan fingerprint density at radius 1 is 1.30 bits per heavy atom. The Morgan fingerprint density at radius 3 is 2.90 bits per heavy atom. The molecular formula is C15H16BrFN2O. The van der Waals surface area contributed by atoms with E-state index in [0.29, 0.717) is 16.0 Å². The van der Waals surface area contributed by atoms with Crippen molar-refractivity contribution < 1.29 is 9.13 Å². The van der Waals surface area contributed by atoms with Crippen molar-refractivity contribution in [2.75, 3.05) is 6.54 Å². The second-order valence-corrected chi connectivity index (χ2v) is 5.24. The minimum absolute atomic E-state index is 0.306. The molecule has 0 bridgehead atoms. The Bertz CT molecular complexity index is 578. The Balaban J connectivity index is 2.07. The van der Waals surface area contributed by atoms with Gasteiger partial charge in [-0.05, 0) is 58.7 Å². The van der Waals surface area contributed by atoms with E-state index in [1.54, 1.807) is 18.5 Å². The highest BCUT2D eigenvalue weighted by Crippen LogP contribution is 2.30. The fourth-order valence-electron chi connectivity index (χ4n) is 1.71. The summed E-state index contributed by atoms with van der Waals surface area (Å²) in [6.07, 6.45) is 4.53.